The first-order chi connectivity index (χ1) is 8.16. The highest BCUT2D eigenvalue weighted by molar-refractivity contribution is 6.33. The van der Waals surface area contributed by atoms with Crippen molar-refractivity contribution in [1.82, 2.24) is 0 Å². The number of halogens is 2. The van der Waals surface area contributed by atoms with Crippen LogP contribution in [0.2, 0.25) is 5.02 Å². The molecule has 0 fully saturated rings. The van der Waals surface area contributed by atoms with Gasteiger partial charge in [-0.05, 0) is 17.4 Å². The molecule has 0 atom stereocenters. The molecule has 0 saturated carbocycles. The number of rotatable bonds is 4. The van der Waals surface area contributed by atoms with Gasteiger partial charge in [-0.3, -0.25) is 0 Å². The van der Waals surface area contributed by atoms with Crippen LogP contribution in [0.25, 0.3) is 0 Å². The predicted octanol–water partition coefficient (Wildman–Crippen LogP) is 3.74. The second-order valence-electron chi connectivity index (χ2n) is 5.55. The maximum Gasteiger partial charge on any atom is 0.169 e. The Labute approximate surface area is 113 Å². The molecule has 0 aliphatic rings. The standard InChI is InChI=1S/C13H21ClFN3/c1-7(2)13(3,4)6-18-12-9(17)5-8(16)10(14)11(12)15/h5,7,18H,6,16-17H2,1-4H3. The van der Waals surface area contributed by atoms with Crippen LogP contribution < -0.4 is 16.8 Å². The second kappa shape index (κ2) is 5.22. The zero-order chi connectivity index (χ0) is 14.1. The van der Waals surface area contributed by atoms with Gasteiger partial charge >= 0.3 is 0 Å². The fourth-order valence-corrected chi connectivity index (χ4v) is 1.52. The van der Waals surface area contributed by atoms with Crippen LogP contribution >= 0.6 is 11.6 Å². The smallest absolute Gasteiger partial charge is 0.169 e. The van der Waals surface area contributed by atoms with Crippen LogP contribution in [0.4, 0.5) is 21.5 Å². The van der Waals surface area contributed by atoms with Crippen LogP contribution in [0.1, 0.15) is 27.7 Å². The zero-order valence-corrected chi connectivity index (χ0v) is 12.0. The summed E-state index contributed by atoms with van der Waals surface area (Å²) in [6, 6.07) is 1.47. The van der Waals surface area contributed by atoms with Crippen LogP contribution in [-0.2, 0) is 0 Å². The van der Waals surface area contributed by atoms with Crippen LogP contribution in [-0.4, -0.2) is 6.54 Å². The van der Waals surface area contributed by atoms with Gasteiger partial charge < -0.3 is 16.8 Å². The Balaban J connectivity index is 2.96. The van der Waals surface area contributed by atoms with Crippen molar-refractivity contribution in [3.05, 3.63) is 16.9 Å². The lowest BCUT2D eigenvalue weighted by Gasteiger charge is -2.30. The number of hydrogen-bond donors (Lipinski definition) is 3. The fourth-order valence-electron chi connectivity index (χ4n) is 1.37. The number of hydrogen-bond acceptors (Lipinski definition) is 3. The molecule has 0 aliphatic heterocycles. The van der Waals surface area contributed by atoms with Crippen LogP contribution in [0.5, 0.6) is 0 Å². The van der Waals surface area contributed by atoms with E-state index in [1.54, 1.807) is 0 Å². The molecule has 0 unspecified atom stereocenters. The van der Waals surface area contributed by atoms with Crippen LogP contribution in [0, 0.1) is 17.2 Å². The van der Waals surface area contributed by atoms with E-state index in [1.807, 2.05) is 0 Å². The summed E-state index contributed by atoms with van der Waals surface area (Å²) in [6.45, 7) is 9.07. The first-order valence-electron chi connectivity index (χ1n) is 5.93. The van der Waals surface area contributed by atoms with Crippen LogP contribution in [0.15, 0.2) is 6.07 Å². The van der Waals surface area contributed by atoms with Crippen molar-refractivity contribution in [2.75, 3.05) is 23.3 Å². The lowest BCUT2D eigenvalue weighted by atomic mass is 9.81. The van der Waals surface area contributed by atoms with Crippen LogP contribution in [0.3, 0.4) is 0 Å². The summed E-state index contributed by atoms with van der Waals surface area (Å²) in [5, 5.41) is 2.94. The normalized spacial score (nSPS) is 11.9. The zero-order valence-electron chi connectivity index (χ0n) is 11.3. The van der Waals surface area contributed by atoms with E-state index in [-0.39, 0.29) is 27.5 Å². The maximum atomic E-state index is 13.9. The minimum absolute atomic E-state index is 0.0206. The lowest BCUT2D eigenvalue weighted by Crippen LogP contribution is -2.29. The summed E-state index contributed by atoms with van der Waals surface area (Å²) in [5.41, 5.74) is 12.0. The van der Waals surface area contributed by atoms with Crippen molar-refractivity contribution in [1.29, 1.82) is 0 Å². The average molecular weight is 274 g/mol. The Morgan fingerprint density at radius 3 is 2.39 bits per heavy atom. The van der Waals surface area contributed by atoms with Crippen molar-refractivity contribution in [3.8, 4) is 0 Å². The summed E-state index contributed by atoms with van der Waals surface area (Å²) in [7, 11) is 0. The molecule has 0 aliphatic carbocycles. The van der Waals surface area contributed by atoms with E-state index in [9.17, 15) is 4.39 Å². The molecule has 5 N–H and O–H groups in total. The highest BCUT2D eigenvalue weighted by atomic mass is 35.5. The van der Waals surface area contributed by atoms with Crippen molar-refractivity contribution >= 4 is 28.7 Å². The minimum atomic E-state index is -0.589. The number of anilines is 3. The van der Waals surface area contributed by atoms with Crippen molar-refractivity contribution in [2.24, 2.45) is 11.3 Å². The third kappa shape index (κ3) is 2.99. The van der Waals surface area contributed by atoms with Gasteiger partial charge in [0.05, 0.1) is 17.1 Å². The average Bonchev–Trinajstić information content (AvgIpc) is 2.25. The van der Waals surface area contributed by atoms with E-state index in [0.717, 1.165) is 0 Å². The van der Waals surface area contributed by atoms with Gasteiger partial charge in [-0.15, -0.1) is 0 Å². The quantitative estimate of drug-likeness (QED) is 0.732. The minimum Gasteiger partial charge on any atom is -0.397 e. The Bertz CT molecular complexity index is 444. The molecule has 18 heavy (non-hydrogen) atoms. The van der Waals surface area contributed by atoms with E-state index in [4.69, 9.17) is 23.1 Å². The molecule has 102 valence electrons. The predicted molar refractivity (Wildman–Crippen MR) is 77.3 cm³/mol. The fraction of sp³-hybridized carbons (Fsp3) is 0.538. The summed E-state index contributed by atoms with van der Waals surface area (Å²) in [5.74, 6) is -0.132. The van der Waals surface area contributed by atoms with Gasteiger partial charge in [0, 0.05) is 6.54 Å². The molecular formula is C13H21ClFN3. The van der Waals surface area contributed by atoms with Crippen molar-refractivity contribution in [2.45, 2.75) is 27.7 Å². The van der Waals surface area contributed by atoms with E-state index in [2.05, 4.69) is 33.0 Å². The molecule has 3 nitrogen and oxygen atoms in total. The Morgan fingerprint density at radius 1 is 1.33 bits per heavy atom. The first kappa shape index (κ1) is 14.9. The molecule has 0 heterocycles. The molecule has 1 aromatic carbocycles. The lowest BCUT2D eigenvalue weighted by molar-refractivity contribution is 0.269. The van der Waals surface area contributed by atoms with E-state index in [1.165, 1.54) is 6.07 Å². The second-order valence-corrected chi connectivity index (χ2v) is 5.93. The van der Waals surface area contributed by atoms with Gasteiger partial charge in [0.1, 0.15) is 5.02 Å². The summed E-state index contributed by atoms with van der Waals surface area (Å²) >= 11 is 5.77. The SMILES string of the molecule is CC(C)C(C)(C)CNc1c(N)cc(N)c(Cl)c1F. The number of nitrogen functional groups attached to an aromatic ring is 2. The molecule has 0 amide bonds. The van der Waals surface area contributed by atoms with Gasteiger partial charge in [-0.25, -0.2) is 4.39 Å². The third-order valence-electron chi connectivity index (χ3n) is 3.55. The Morgan fingerprint density at radius 2 is 1.89 bits per heavy atom. The van der Waals surface area contributed by atoms with Crippen molar-refractivity contribution < 1.29 is 4.39 Å². The van der Waals surface area contributed by atoms with Gasteiger partial charge in [0.25, 0.3) is 0 Å². The van der Waals surface area contributed by atoms with Gasteiger partial charge in [-0.2, -0.15) is 0 Å². The maximum absolute atomic E-state index is 13.9. The van der Waals surface area contributed by atoms with Gasteiger partial charge in [0.15, 0.2) is 5.82 Å². The third-order valence-corrected chi connectivity index (χ3v) is 3.93. The summed E-state index contributed by atoms with van der Waals surface area (Å²) in [6.07, 6.45) is 0. The molecule has 1 rings (SSSR count). The highest BCUT2D eigenvalue weighted by Crippen LogP contribution is 2.35. The number of nitrogens with two attached hydrogens (primary N) is 2. The number of benzene rings is 1. The molecule has 0 radical (unpaired) electrons. The summed E-state index contributed by atoms with van der Waals surface area (Å²) < 4.78 is 13.9. The summed E-state index contributed by atoms with van der Waals surface area (Å²) in [4.78, 5) is 0. The van der Waals surface area contributed by atoms with E-state index in [0.29, 0.717) is 12.5 Å². The topological polar surface area (TPSA) is 64.1 Å². The monoisotopic (exact) mass is 273 g/mol. The largest absolute Gasteiger partial charge is 0.397 e. The molecular weight excluding hydrogens is 253 g/mol. The van der Waals surface area contributed by atoms with E-state index >= 15 is 0 Å². The highest BCUT2D eigenvalue weighted by Gasteiger charge is 2.23. The Hall–Kier alpha value is -1.16. The Kier molecular flexibility index (Phi) is 4.32. The first-order valence-corrected chi connectivity index (χ1v) is 6.31. The molecule has 1 aromatic rings. The molecule has 0 saturated heterocycles. The molecule has 0 spiro atoms. The molecule has 0 bridgehead atoms. The van der Waals surface area contributed by atoms with Crippen molar-refractivity contribution in [3.63, 3.8) is 0 Å². The van der Waals surface area contributed by atoms with Gasteiger partial charge in [0.2, 0.25) is 0 Å². The molecule has 5 heteroatoms. The van der Waals surface area contributed by atoms with Gasteiger partial charge in [-0.1, -0.05) is 39.3 Å². The molecule has 0 aromatic heterocycles. The van der Waals surface area contributed by atoms with E-state index < -0.39 is 5.82 Å². The number of nitrogens with one attached hydrogen (secondary N) is 1.